The zero-order valence-electron chi connectivity index (χ0n) is 14.4. The number of nitrogens with one attached hydrogen (secondary N) is 2. The number of imidazole rings is 1. The molecule has 0 fully saturated rings. The Balaban J connectivity index is 1.76. The van der Waals surface area contributed by atoms with E-state index in [9.17, 15) is 4.79 Å². The fourth-order valence-electron chi connectivity index (χ4n) is 2.81. The van der Waals surface area contributed by atoms with Gasteiger partial charge in [0, 0.05) is 29.7 Å². The summed E-state index contributed by atoms with van der Waals surface area (Å²) in [4.78, 5) is 16.7. The summed E-state index contributed by atoms with van der Waals surface area (Å²) in [5, 5.41) is 14.9. The number of carbonyl (C=O) groups is 1. The van der Waals surface area contributed by atoms with E-state index in [-0.39, 0.29) is 19.1 Å². The molecule has 3 rings (SSSR count). The molecule has 6 nitrogen and oxygen atoms in total. The van der Waals surface area contributed by atoms with Crippen molar-refractivity contribution in [3.63, 3.8) is 0 Å². The van der Waals surface area contributed by atoms with E-state index in [4.69, 9.17) is 5.11 Å². The SMILES string of the molecule is Cc1c(NCc2cn3c(C)cccc3n2)cccc1C(=O)NCCO. The van der Waals surface area contributed by atoms with Crippen molar-refractivity contribution in [2.24, 2.45) is 0 Å². The van der Waals surface area contributed by atoms with Crippen LogP contribution in [-0.4, -0.2) is 33.6 Å². The molecule has 0 unspecified atom stereocenters. The van der Waals surface area contributed by atoms with Crippen LogP contribution in [0.5, 0.6) is 0 Å². The molecule has 2 aromatic heterocycles. The van der Waals surface area contributed by atoms with Gasteiger partial charge in [-0.15, -0.1) is 0 Å². The zero-order chi connectivity index (χ0) is 17.8. The second-order valence-corrected chi connectivity index (χ2v) is 5.94. The third-order valence-electron chi connectivity index (χ3n) is 4.18. The number of fused-ring (bicyclic) bond motifs is 1. The molecule has 6 heteroatoms. The van der Waals surface area contributed by atoms with E-state index < -0.39 is 0 Å². The number of pyridine rings is 1. The van der Waals surface area contributed by atoms with Gasteiger partial charge >= 0.3 is 0 Å². The zero-order valence-corrected chi connectivity index (χ0v) is 14.4. The Hall–Kier alpha value is -2.86. The highest BCUT2D eigenvalue weighted by Crippen LogP contribution is 2.20. The summed E-state index contributed by atoms with van der Waals surface area (Å²) in [6.07, 6.45) is 2.02. The van der Waals surface area contributed by atoms with Gasteiger partial charge in [0.15, 0.2) is 0 Å². The van der Waals surface area contributed by atoms with Crippen LogP contribution in [0.3, 0.4) is 0 Å². The van der Waals surface area contributed by atoms with Crippen LogP contribution in [0.15, 0.2) is 42.6 Å². The molecule has 0 saturated heterocycles. The van der Waals surface area contributed by atoms with Crippen molar-refractivity contribution in [2.45, 2.75) is 20.4 Å². The summed E-state index contributed by atoms with van der Waals surface area (Å²) in [6, 6.07) is 11.6. The van der Waals surface area contributed by atoms with E-state index in [1.807, 2.05) is 50.4 Å². The van der Waals surface area contributed by atoms with Crippen LogP contribution in [0.1, 0.15) is 27.3 Å². The minimum atomic E-state index is -0.182. The topological polar surface area (TPSA) is 78.7 Å². The van der Waals surface area contributed by atoms with Crippen molar-refractivity contribution in [3.8, 4) is 0 Å². The molecule has 2 heterocycles. The number of aliphatic hydroxyl groups is 1. The molecule has 0 radical (unpaired) electrons. The number of nitrogens with zero attached hydrogens (tertiary/aromatic N) is 2. The van der Waals surface area contributed by atoms with Gasteiger partial charge in [-0.05, 0) is 43.7 Å². The van der Waals surface area contributed by atoms with Crippen LogP contribution < -0.4 is 10.6 Å². The van der Waals surface area contributed by atoms with Crippen molar-refractivity contribution < 1.29 is 9.90 Å². The van der Waals surface area contributed by atoms with Gasteiger partial charge in [0.25, 0.3) is 5.91 Å². The number of hydrogen-bond acceptors (Lipinski definition) is 4. The lowest BCUT2D eigenvalue weighted by Crippen LogP contribution is -2.27. The number of aryl methyl sites for hydroxylation is 1. The van der Waals surface area contributed by atoms with E-state index in [1.165, 1.54) is 0 Å². The first-order valence-electron chi connectivity index (χ1n) is 8.26. The lowest BCUT2D eigenvalue weighted by molar-refractivity contribution is 0.0944. The van der Waals surface area contributed by atoms with Gasteiger partial charge in [0.2, 0.25) is 0 Å². The van der Waals surface area contributed by atoms with E-state index in [0.717, 1.165) is 28.3 Å². The first-order chi connectivity index (χ1) is 12.1. The third-order valence-corrected chi connectivity index (χ3v) is 4.18. The number of rotatable bonds is 6. The van der Waals surface area contributed by atoms with E-state index >= 15 is 0 Å². The molecule has 3 N–H and O–H groups in total. The fraction of sp³-hybridized carbons (Fsp3) is 0.263. The molecule has 1 aromatic carbocycles. The fourth-order valence-corrected chi connectivity index (χ4v) is 2.81. The Bertz CT molecular complexity index is 902. The first-order valence-corrected chi connectivity index (χ1v) is 8.26. The average Bonchev–Trinajstić information content (AvgIpc) is 3.03. The molecule has 0 aliphatic carbocycles. The van der Waals surface area contributed by atoms with Crippen LogP contribution in [0.4, 0.5) is 5.69 Å². The maximum Gasteiger partial charge on any atom is 0.251 e. The first kappa shape index (κ1) is 17.0. The summed E-state index contributed by atoms with van der Waals surface area (Å²) in [5.41, 5.74) is 5.36. The monoisotopic (exact) mass is 338 g/mol. The molecule has 0 aliphatic rings. The number of benzene rings is 1. The van der Waals surface area contributed by atoms with E-state index in [0.29, 0.717) is 12.1 Å². The molecule has 0 saturated carbocycles. The second kappa shape index (κ2) is 7.36. The van der Waals surface area contributed by atoms with Crippen molar-refractivity contribution in [3.05, 3.63) is 65.1 Å². The Kier molecular flexibility index (Phi) is 5.00. The summed E-state index contributed by atoms with van der Waals surface area (Å²) >= 11 is 0. The molecule has 0 spiro atoms. The van der Waals surface area contributed by atoms with Crippen molar-refractivity contribution in [1.29, 1.82) is 0 Å². The highest BCUT2D eigenvalue weighted by atomic mass is 16.3. The number of aliphatic hydroxyl groups excluding tert-OH is 1. The van der Waals surface area contributed by atoms with Crippen LogP contribution in [0.25, 0.3) is 5.65 Å². The molecule has 130 valence electrons. The molecule has 1 amide bonds. The lowest BCUT2D eigenvalue weighted by atomic mass is 10.1. The van der Waals surface area contributed by atoms with Gasteiger partial charge in [-0.1, -0.05) is 12.1 Å². The maximum atomic E-state index is 12.1. The van der Waals surface area contributed by atoms with Crippen LogP contribution in [0, 0.1) is 13.8 Å². The normalized spacial score (nSPS) is 10.8. The molecule has 0 bridgehead atoms. The minimum Gasteiger partial charge on any atom is -0.395 e. The standard InChI is InChI=1S/C19H22N4O2/c1-13-5-3-8-18-22-15(12-23(13)18)11-21-17-7-4-6-16(14(17)2)19(25)20-9-10-24/h3-8,12,21,24H,9-11H2,1-2H3,(H,20,25). The summed E-state index contributed by atoms with van der Waals surface area (Å²) < 4.78 is 2.06. The Morgan fingerprint density at radius 3 is 2.76 bits per heavy atom. The molecule has 25 heavy (non-hydrogen) atoms. The van der Waals surface area contributed by atoms with Crippen LogP contribution in [-0.2, 0) is 6.54 Å². The van der Waals surface area contributed by atoms with Gasteiger partial charge in [-0.25, -0.2) is 4.98 Å². The van der Waals surface area contributed by atoms with E-state index in [1.54, 1.807) is 6.07 Å². The predicted octanol–water partition coefficient (Wildman–Crippen LogP) is 2.29. The Morgan fingerprint density at radius 2 is 2.00 bits per heavy atom. The number of hydrogen-bond donors (Lipinski definition) is 3. The Morgan fingerprint density at radius 1 is 1.20 bits per heavy atom. The third kappa shape index (κ3) is 3.64. The van der Waals surface area contributed by atoms with Crippen molar-refractivity contribution >= 4 is 17.2 Å². The highest BCUT2D eigenvalue weighted by molar-refractivity contribution is 5.97. The number of anilines is 1. The van der Waals surface area contributed by atoms with Crippen molar-refractivity contribution in [1.82, 2.24) is 14.7 Å². The number of amides is 1. The smallest absolute Gasteiger partial charge is 0.251 e. The predicted molar refractivity (Wildman–Crippen MR) is 97.9 cm³/mol. The van der Waals surface area contributed by atoms with Gasteiger partial charge in [-0.3, -0.25) is 4.79 Å². The molecule has 3 aromatic rings. The lowest BCUT2D eigenvalue weighted by Gasteiger charge is -2.12. The van der Waals surface area contributed by atoms with Gasteiger partial charge in [0.05, 0.1) is 18.8 Å². The van der Waals surface area contributed by atoms with Gasteiger partial charge in [0.1, 0.15) is 5.65 Å². The maximum absolute atomic E-state index is 12.1. The summed E-state index contributed by atoms with van der Waals surface area (Å²) in [7, 11) is 0. The molecule has 0 aliphatic heterocycles. The number of carbonyl (C=O) groups excluding carboxylic acids is 1. The largest absolute Gasteiger partial charge is 0.395 e. The minimum absolute atomic E-state index is 0.0734. The van der Waals surface area contributed by atoms with Gasteiger partial charge < -0.3 is 20.1 Å². The van der Waals surface area contributed by atoms with Crippen LogP contribution >= 0.6 is 0 Å². The average molecular weight is 338 g/mol. The summed E-state index contributed by atoms with van der Waals surface area (Å²) in [5.74, 6) is -0.182. The quantitative estimate of drug-likeness (QED) is 0.644. The van der Waals surface area contributed by atoms with Crippen LogP contribution in [0.2, 0.25) is 0 Å². The highest BCUT2D eigenvalue weighted by Gasteiger charge is 2.11. The van der Waals surface area contributed by atoms with Gasteiger partial charge in [-0.2, -0.15) is 0 Å². The molecular formula is C19H22N4O2. The van der Waals surface area contributed by atoms with Crippen molar-refractivity contribution in [2.75, 3.05) is 18.5 Å². The number of aromatic nitrogens is 2. The molecule has 0 atom stereocenters. The second-order valence-electron chi connectivity index (χ2n) is 5.94. The summed E-state index contributed by atoms with van der Waals surface area (Å²) in [6.45, 7) is 4.70. The van der Waals surface area contributed by atoms with E-state index in [2.05, 4.69) is 20.0 Å². The molecular weight excluding hydrogens is 316 g/mol. The Labute approximate surface area is 146 Å².